The second-order valence-corrected chi connectivity index (χ2v) is 4.78. The Morgan fingerprint density at radius 1 is 1.69 bits per heavy atom. The Hall–Kier alpha value is -1.27. The van der Waals surface area contributed by atoms with Crippen LogP contribution in [0.25, 0.3) is 0 Å². The van der Waals surface area contributed by atoms with E-state index in [9.17, 15) is 14.7 Å². The molecule has 1 aliphatic carbocycles. The van der Waals surface area contributed by atoms with Gasteiger partial charge in [-0.15, -0.1) is 11.3 Å². The number of ether oxygens (including phenoxy) is 1. The van der Waals surface area contributed by atoms with Crippen LogP contribution in [0.4, 0.5) is 0 Å². The quantitative estimate of drug-likeness (QED) is 0.850. The number of methoxy groups -OCH3 is 1. The molecule has 5 nitrogen and oxygen atoms in total. The Morgan fingerprint density at radius 2 is 2.38 bits per heavy atom. The minimum atomic E-state index is -1.08. The highest BCUT2D eigenvalue weighted by atomic mass is 32.1. The predicted molar refractivity (Wildman–Crippen MR) is 56.4 cm³/mol. The number of nitrogens with zero attached hydrogens (tertiary/aromatic N) is 1. The fraction of sp³-hybridized carbons (Fsp3) is 0.500. The molecule has 1 fully saturated rings. The van der Waals surface area contributed by atoms with Crippen LogP contribution in [0.2, 0.25) is 0 Å². The molecule has 86 valence electrons. The van der Waals surface area contributed by atoms with E-state index in [0.717, 1.165) is 5.01 Å². The van der Waals surface area contributed by atoms with E-state index in [1.54, 1.807) is 12.5 Å². The smallest absolute Gasteiger partial charge is 0.316 e. The van der Waals surface area contributed by atoms with Gasteiger partial charge in [0.2, 0.25) is 0 Å². The largest absolute Gasteiger partial charge is 0.481 e. The van der Waals surface area contributed by atoms with Gasteiger partial charge in [-0.1, -0.05) is 0 Å². The Labute approximate surface area is 96.1 Å². The lowest BCUT2D eigenvalue weighted by Crippen LogP contribution is -2.48. The molecule has 6 heteroatoms. The van der Waals surface area contributed by atoms with Crippen LogP contribution in [0.5, 0.6) is 0 Å². The third-order valence-electron chi connectivity index (χ3n) is 2.72. The predicted octanol–water partition coefficient (Wildman–Crippen LogP) is 0.975. The minimum absolute atomic E-state index is 0.0244. The van der Waals surface area contributed by atoms with Crippen molar-refractivity contribution in [3.05, 3.63) is 16.1 Å². The molecule has 1 aromatic rings. The van der Waals surface area contributed by atoms with Crippen molar-refractivity contribution in [2.24, 2.45) is 0 Å². The van der Waals surface area contributed by atoms with Crippen molar-refractivity contribution in [2.75, 3.05) is 7.11 Å². The highest BCUT2D eigenvalue weighted by Crippen LogP contribution is 2.41. The number of rotatable bonds is 4. The molecule has 0 aromatic carbocycles. The highest BCUT2D eigenvalue weighted by molar-refractivity contribution is 7.09. The van der Waals surface area contributed by atoms with Crippen molar-refractivity contribution >= 4 is 23.1 Å². The number of hydrogen-bond acceptors (Lipinski definition) is 5. The van der Waals surface area contributed by atoms with E-state index in [1.165, 1.54) is 11.3 Å². The number of thiazole rings is 1. The van der Waals surface area contributed by atoms with Crippen LogP contribution in [-0.2, 0) is 26.3 Å². The molecular formula is C10H11NO4S. The summed E-state index contributed by atoms with van der Waals surface area (Å²) >= 11 is 1.36. The van der Waals surface area contributed by atoms with E-state index in [0.29, 0.717) is 12.3 Å². The Kier molecular flexibility index (Phi) is 2.77. The van der Waals surface area contributed by atoms with Gasteiger partial charge in [-0.3, -0.25) is 9.59 Å². The van der Waals surface area contributed by atoms with Crippen molar-refractivity contribution < 1.29 is 19.4 Å². The van der Waals surface area contributed by atoms with Gasteiger partial charge in [0.1, 0.15) is 16.2 Å². The first-order valence-electron chi connectivity index (χ1n) is 4.77. The molecule has 0 amide bonds. The van der Waals surface area contributed by atoms with Gasteiger partial charge in [0.15, 0.2) is 0 Å². The van der Waals surface area contributed by atoms with E-state index in [-0.39, 0.29) is 18.6 Å². The van der Waals surface area contributed by atoms with E-state index < -0.39 is 11.4 Å². The first-order chi connectivity index (χ1) is 7.58. The van der Waals surface area contributed by atoms with Crippen molar-refractivity contribution in [1.29, 1.82) is 0 Å². The molecule has 1 aromatic heterocycles. The third kappa shape index (κ3) is 1.64. The first kappa shape index (κ1) is 11.2. The van der Waals surface area contributed by atoms with E-state index in [1.807, 2.05) is 0 Å². The van der Waals surface area contributed by atoms with Crippen molar-refractivity contribution in [3.63, 3.8) is 0 Å². The van der Waals surface area contributed by atoms with Gasteiger partial charge in [0.25, 0.3) is 0 Å². The van der Waals surface area contributed by atoms with Crippen LogP contribution in [0.15, 0.2) is 5.38 Å². The van der Waals surface area contributed by atoms with Crippen LogP contribution in [-0.4, -0.2) is 29.0 Å². The summed E-state index contributed by atoms with van der Waals surface area (Å²) in [5.74, 6) is -0.995. The molecule has 16 heavy (non-hydrogen) atoms. The summed E-state index contributed by atoms with van der Waals surface area (Å²) in [7, 11) is 1.56. The molecule has 1 aliphatic rings. The van der Waals surface area contributed by atoms with Gasteiger partial charge in [-0.05, 0) is 0 Å². The molecule has 1 heterocycles. The molecular weight excluding hydrogens is 230 g/mol. The standard InChI is InChI=1S/C10H11NO4S/c1-15-4-8-11-7(5-16-8)10(9(13)14)2-6(12)3-10/h5H,2-4H2,1H3,(H,13,14). The van der Waals surface area contributed by atoms with Gasteiger partial charge in [-0.2, -0.15) is 0 Å². The number of Topliss-reactive ketones (excluding diaryl/α,β-unsaturated/α-hetero) is 1. The minimum Gasteiger partial charge on any atom is -0.481 e. The molecule has 0 spiro atoms. The Bertz CT molecular complexity index is 432. The second kappa shape index (κ2) is 3.95. The fourth-order valence-electron chi connectivity index (χ4n) is 1.78. The number of hydrogen-bond donors (Lipinski definition) is 1. The van der Waals surface area contributed by atoms with Gasteiger partial charge in [0.05, 0.1) is 12.3 Å². The first-order valence-corrected chi connectivity index (χ1v) is 5.65. The van der Waals surface area contributed by atoms with E-state index in [2.05, 4.69) is 4.98 Å². The summed E-state index contributed by atoms with van der Waals surface area (Å²) in [5.41, 5.74) is -0.601. The summed E-state index contributed by atoms with van der Waals surface area (Å²) in [6.45, 7) is 0.369. The number of aliphatic carboxylic acids is 1. The van der Waals surface area contributed by atoms with Crippen LogP contribution in [0, 0.1) is 0 Å². The number of carboxylic acids is 1. The van der Waals surface area contributed by atoms with Gasteiger partial charge in [0, 0.05) is 25.3 Å². The normalized spacial score (nSPS) is 18.2. The number of carboxylic acid groups (broad SMARTS) is 1. The SMILES string of the molecule is COCc1nc(C2(C(=O)O)CC(=O)C2)cs1. The summed E-state index contributed by atoms with van der Waals surface area (Å²) in [5, 5.41) is 11.6. The number of ketones is 1. The average molecular weight is 241 g/mol. The summed E-state index contributed by atoms with van der Waals surface area (Å²) in [6.07, 6.45) is 0.108. The van der Waals surface area contributed by atoms with Gasteiger partial charge in [-0.25, -0.2) is 4.98 Å². The molecule has 0 atom stereocenters. The van der Waals surface area contributed by atoms with Crippen LogP contribution >= 0.6 is 11.3 Å². The second-order valence-electron chi connectivity index (χ2n) is 3.84. The summed E-state index contributed by atoms with van der Waals surface area (Å²) in [6, 6.07) is 0. The molecule has 0 radical (unpaired) electrons. The monoisotopic (exact) mass is 241 g/mol. The van der Waals surface area contributed by atoms with E-state index >= 15 is 0 Å². The van der Waals surface area contributed by atoms with E-state index in [4.69, 9.17) is 4.74 Å². The van der Waals surface area contributed by atoms with Crippen molar-refractivity contribution in [3.8, 4) is 0 Å². The molecule has 1 N–H and O–H groups in total. The molecule has 2 rings (SSSR count). The number of carbonyl (C=O) groups is 2. The molecule has 0 aliphatic heterocycles. The maximum Gasteiger partial charge on any atom is 0.316 e. The van der Waals surface area contributed by atoms with Gasteiger partial charge < -0.3 is 9.84 Å². The molecule has 0 bridgehead atoms. The van der Waals surface area contributed by atoms with Crippen molar-refractivity contribution in [2.45, 2.75) is 24.9 Å². The molecule has 1 saturated carbocycles. The van der Waals surface area contributed by atoms with Crippen LogP contribution in [0.3, 0.4) is 0 Å². The maximum absolute atomic E-state index is 11.2. The topological polar surface area (TPSA) is 76.5 Å². The fourth-order valence-corrected chi connectivity index (χ4v) is 2.65. The number of aromatic nitrogens is 1. The lowest BCUT2D eigenvalue weighted by molar-refractivity contribution is -0.153. The summed E-state index contributed by atoms with van der Waals surface area (Å²) in [4.78, 5) is 26.4. The zero-order chi connectivity index (χ0) is 11.8. The Balaban J connectivity index is 2.26. The zero-order valence-electron chi connectivity index (χ0n) is 8.73. The Morgan fingerprint density at radius 3 is 2.88 bits per heavy atom. The zero-order valence-corrected chi connectivity index (χ0v) is 9.54. The lowest BCUT2D eigenvalue weighted by Gasteiger charge is -2.34. The van der Waals surface area contributed by atoms with Crippen LogP contribution < -0.4 is 0 Å². The van der Waals surface area contributed by atoms with Gasteiger partial charge >= 0.3 is 5.97 Å². The maximum atomic E-state index is 11.2. The average Bonchev–Trinajstić information content (AvgIpc) is 2.61. The van der Waals surface area contributed by atoms with Crippen molar-refractivity contribution in [1.82, 2.24) is 4.98 Å². The molecule has 0 unspecified atom stereocenters. The van der Waals surface area contributed by atoms with Crippen LogP contribution in [0.1, 0.15) is 23.5 Å². The highest BCUT2D eigenvalue weighted by Gasteiger charge is 2.53. The molecule has 0 saturated heterocycles. The lowest BCUT2D eigenvalue weighted by atomic mass is 9.66. The third-order valence-corrected chi connectivity index (χ3v) is 3.54. The summed E-state index contributed by atoms with van der Waals surface area (Å²) < 4.78 is 4.92. The number of carbonyl (C=O) groups excluding carboxylic acids is 1.